The average molecular weight is 411 g/mol. The summed E-state index contributed by atoms with van der Waals surface area (Å²) in [5.74, 6) is -1.11. The van der Waals surface area contributed by atoms with Crippen molar-refractivity contribution in [3.63, 3.8) is 0 Å². The molecule has 6 nitrogen and oxygen atoms in total. The van der Waals surface area contributed by atoms with Crippen LogP contribution in [0.25, 0.3) is 0 Å². The van der Waals surface area contributed by atoms with Crippen molar-refractivity contribution < 1.29 is 18.8 Å². The molecule has 1 aliphatic carbocycles. The highest BCUT2D eigenvalue weighted by Gasteiger charge is 2.39. The second-order valence-corrected chi connectivity index (χ2v) is 7.51. The van der Waals surface area contributed by atoms with Crippen molar-refractivity contribution in [1.82, 2.24) is 4.90 Å². The van der Waals surface area contributed by atoms with E-state index in [1.807, 2.05) is 20.8 Å². The predicted molar refractivity (Wildman–Crippen MR) is 114 cm³/mol. The van der Waals surface area contributed by atoms with E-state index in [4.69, 9.17) is 0 Å². The lowest BCUT2D eigenvalue weighted by molar-refractivity contribution is -0.117. The SMILES string of the molecule is CCN(CC)C(=O)c1ccc(NC(=O)c2cc(F)ccc2NC(=O)C2CC2C)cc1. The van der Waals surface area contributed by atoms with Crippen molar-refractivity contribution in [2.24, 2.45) is 11.8 Å². The first-order chi connectivity index (χ1) is 14.3. The number of anilines is 2. The molecule has 158 valence electrons. The fourth-order valence-electron chi connectivity index (χ4n) is 3.31. The van der Waals surface area contributed by atoms with Crippen LogP contribution in [0.2, 0.25) is 0 Å². The van der Waals surface area contributed by atoms with Gasteiger partial charge >= 0.3 is 0 Å². The minimum absolute atomic E-state index is 0.0416. The molecule has 0 spiro atoms. The van der Waals surface area contributed by atoms with Crippen molar-refractivity contribution in [3.8, 4) is 0 Å². The number of hydrogen-bond donors (Lipinski definition) is 2. The Labute approximate surface area is 175 Å². The van der Waals surface area contributed by atoms with E-state index in [0.717, 1.165) is 12.5 Å². The van der Waals surface area contributed by atoms with Crippen molar-refractivity contribution in [1.29, 1.82) is 0 Å². The molecule has 2 N–H and O–H groups in total. The Morgan fingerprint density at radius 3 is 2.23 bits per heavy atom. The summed E-state index contributed by atoms with van der Waals surface area (Å²) in [6.07, 6.45) is 0.813. The van der Waals surface area contributed by atoms with Gasteiger partial charge in [-0.05, 0) is 68.7 Å². The fourth-order valence-corrected chi connectivity index (χ4v) is 3.31. The Balaban J connectivity index is 1.73. The van der Waals surface area contributed by atoms with Crippen LogP contribution < -0.4 is 10.6 Å². The van der Waals surface area contributed by atoms with Crippen molar-refractivity contribution in [2.45, 2.75) is 27.2 Å². The van der Waals surface area contributed by atoms with Gasteiger partial charge in [-0.1, -0.05) is 6.92 Å². The predicted octanol–water partition coefficient (Wildman–Crippen LogP) is 4.15. The molecule has 0 bridgehead atoms. The van der Waals surface area contributed by atoms with Gasteiger partial charge in [0.2, 0.25) is 5.91 Å². The van der Waals surface area contributed by atoms with E-state index < -0.39 is 11.7 Å². The minimum atomic E-state index is -0.571. The number of nitrogens with zero attached hydrogens (tertiary/aromatic N) is 1. The van der Waals surface area contributed by atoms with Crippen LogP contribution in [0.15, 0.2) is 42.5 Å². The molecule has 1 fully saturated rings. The molecule has 0 heterocycles. The summed E-state index contributed by atoms with van der Waals surface area (Å²) in [4.78, 5) is 39.1. The molecular formula is C23H26FN3O3. The molecule has 2 aromatic rings. The van der Waals surface area contributed by atoms with Crippen LogP contribution in [0, 0.1) is 17.7 Å². The van der Waals surface area contributed by atoms with E-state index in [1.165, 1.54) is 12.1 Å². The van der Waals surface area contributed by atoms with E-state index in [0.29, 0.717) is 30.3 Å². The number of nitrogens with one attached hydrogen (secondary N) is 2. The molecule has 1 aliphatic rings. The zero-order valence-electron chi connectivity index (χ0n) is 17.4. The summed E-state index contributed by atoms with van der Waals surface area (Å²) in [7, 11) is 0. The highest BCUT2D eigenvalue weighted by Crippen LogP contribution is 2.38. The summed E-state index contributed by atoms with van der Waals surface area (Å²) < 4.78 is 13.8. The maximum absolute atomic E-state index is 13.8. The molecule has 0 saturated heterocycles. The lowest BCUT2D eigenvalue weighted by atomic mass is 10.1. The third-order valence-electron chi connectivity index (χ3n) is 5.37. The standard InChI is InChI=1S/C23H26FN3O3/c1-4-27(5-2)23(30)15-6-9-17(10-7-15)25-22(29)19-13-16(24)8-11-20(19)26-21(28)18-12-14(18)3/h6-11,13-14,18H,4-5,12H2,1-3H3,(H,25,29)(H,26,28). The zero-order valence-corrected chi connectivity index (χ0v) is 17.4. The molecule has 1 saturated carbocycles. The van der Waals surface area contributed by atoms with Gasteiger partial charge in [-0.3, -0.25) is 14.4 Å². The highest BCUT2D eigenvalue weighted by molar-refractivity contribution is 6.10. The Bertz CT molecular complexity index is 955. The van der Waals surface area contributed by atoms with E-state index in [-0.39, 0.29) is 29.0 Å². The second-order valence-electron chi connectivity index (χ2n) is 7.51. The monoisotopic (exact) mass is 411 g/mol. The summed E-state index contributed by atoms with van der Waals surface area (Å²) in [6.45, 7) is 7.03. The average Bonchev–Trinajstić information content (AvgIpc) is 3.47. The van der Waals surface area contributed by atoms with Gasteiger partial charge in [-0.25, -0.2) is 4.39 Å². The van der Waals surface area contributed by atoms with Gasteiger partial charge in [0.05, 0.1) is 11.3 Å². The number of benzene rings is 2. The molecule has 0 aromatic heterocycles. The molecule has 0 aliphatic heterocycles. The number of hydrogen-bond acceptors (Lipinski definition) is 3. The summed E-state index contributed by atoms with van der Waals surface area (Å²) in [6, 6.07) is 10.2. The number of amides is 3. The molecular weight excluding hydrogens is 385 g/mol. The fraction of sp³-hybridized carbons (Fsp3) is 0.348. The molecule has 2 unspecified atom stereocenters. The number of halogens is 1. The van der Waals surface area contributed by atoms with Crippen molar-refractivity contribution in [3.05, 3.63) is 59.4 Å². The van der Waals surface area contributed by atoms with E-state index in [1.54, 1.807) is 29.2 Å². The Morgan fingerprint density at radius 1 is 1.03 bits per heavy atom. The van der Waals surface area contributed by atoms with Crippen molar-refractivity contribution in [2.75, 3.05) is 23.7 Å². The Kier molecular flexibility index (Phi) is 6.50. The van der Waals surface area contributed by atoms with Crippen LogP contribution in [0.4, 0.5) is 15.8 Å². The third-order valence-corrected chi connectivity index (χ3v) is 5.37. The maximum atomic E-state index is 13.8. The van der Waals surface area contributed by atoms with Gasteiger partial charge in [0, 0.05) is 30.3 Å². The van der Waals surface area contributed by atoms with Gasteiger partial charge in [-0.2, -0.15) is 0 Å². The first kappa shape index (κ1) is 21.5. The quantitative estimate of drug-likeness (QED) is 0.718. The molecule has 7 heteroatoms. The second kappa shape index (κ2) is 9.07. The molecule has 30 heavy (non-hydrogen) atoms. The van der Waals surface area contributed by atoms with Gasteiger partial charge in [0.25, 0.3) is 11.8 Å². The van der Waals surface area contributed by atoms with Gasteiger partial charge in [-0.15, -0.1) is 0 Å². The number of rotatable bonds is 7. The van der Waals surface area contributed by atoms with E-state index in [9.17, 15) is 18.8 Å². The maximum Gasteiger partial charge on any atom is 0.257 e. The highest BCUT2D eigenvalue weighted by atomic mass is 19.1. The van der Waals surface area contributed by atoms with Crippen LogP contribution in [0.5, 0.6) is 0 Å². The van der Waals surface area contributed by atoms with Gasteiger partial charge in [0.1, 0.15) is 5.82 Å². The van der Waals surface area contributed by atoms with Crippen LogP contribution in [0.1, 0.15) is 47.9 Å². The Hall–Kier alpha value is -3.22. The molecule has 3 amide bonds. The number of carbonyl (C=O) groups excluding carboxylic acids is 3. The van der Waals surface area contributed by atoms with E-state index >= 15 is 0 Å². The topological polar surface area (TPSA) is 78.5 Å². The van der Waals surface area contributed by atoms with Gasteiger partial charge in [0.15, 0.2) is 0 Å². The lowest BCUT2D eigenvalue weighted by Gasteiger charge is -2.18. The van der Waals surface area contributed by atoms with Crippen molar-refractivity contribution >= 4 is 29.1 Å². The molecule has 2 atom stereocenters. The van der Waals surface area contributed by atoms with Gasteiger partial charge < -0.3 is 15.5 Å². The van der Waals surface area contributed by atoms with Crippen LogP contribution >= 0.6 is 0 Å². The summed E-state index contributed by atoms with van der Waals surface area (Å²) in [5, 5.41) is 5.42. The first-order valence-electron chi connectivity index (χ1n) is 10.1. The summed E-state index contributed by atoms with van der Waals surface area (Å²) >= 11 is 0. The molecule has 0 radical (unpaired) electrons. The minimum Gasteiger partial charge on any atom is -0.339 e. The van der Waals surface area contributed by atoms with E-state index in [2.05, 4.69) is 10.6 Å². The first-order valence-corrected chi connectivity index (χ1v) is 10.1. The third kappa shape index (κ3) is 4.84. The van der Waals surface area contributed by atoms with Crippen LogP contribution in [-0.4, -0.2) is 35.7 Å². The normalized spacial score (nSPS) is 17.2. The largest absolute Gasteiger partial charge is 0.339 e. The number of carbonyl (C=O) groups is 3. The zero-order chi connectivity index (χ0) is 21.8. The molecule has 3 rings (SSSR count). The Morgan fingerprint density at radius 2 is 1.67 bits per heavy atom. The lowest BCUT2D eigenvalue weighted by Crippen LogP contribution is -2.30. The summed E-state index contributed by atoms with van der Waals surface area (Å²) in [5.41, 5.74) is 1.30. The van der Waals surface area contributed by atoms with Crippen LogP contribution in [-0.2, 0) is 4.79 Å². The smallest absolute Gasteiger partial charge is 0.257 e. The molecule has 2 aromatic carbocycles. The van der Waals surface area contributed by atoms with Crippen LogP contribution in [0.3, 0.4) is 0 Å².